The van der Waals surface area contributed by atoms with E-state index in [1.807, 2.05) is 19.2 Å². The van der Waals surface area contributed by atoms with Crippen LogP contribution in [0, 0.1) is 17.0 Å². The first-order chi connectivity index (χ1) is 8.50. The molecule has 1 aromatic carbocycles. The second-order valence-corrected chi connectivity index (χ2v) is 4.09. The van der Waals surface area contributed by atoms with Crippen LogP contribution in [0.3, 0.4) is 0 Å². The van der Waals surface area contributed by atoms with Crippen LogP contribution >= 0.6 is 0 Å². The molecule has 5 nitrogen and oxygen atoms in total. The molecular formula is C13H12N2O3. The highest BCUT2D eigenvalue weighted by atomic mass is 16.6. The van der Waals surface area contributed by atoms with Crippen LogP contribution in [-0.4, -0.2) is 15.3 Å². The molecule has 0 saturated carbocycles. The molecule has 0 N–H and O–H groups in total. The van der Waals surface area contributed by atoms with E-state index in [0.717, 1.165) is 5.56 Å². The Balaban J connectivity index is 2.38. The maximum Gasteiger partial charge on any atom is 0.269 e. The lowest BCUT2D eigenvalue weighted by Gasteiger charge is -2.04. The molecule has 0 amide bonds. The van der Waals surface area contributed by atoms with Crippen molar-refractivity contribution in [3.8, 4) is 0 Å². The van der Waals surface area contributed by atoms with Crippen LogP contribution in [0.5, 0.6) is 0 Å². The Labute approximate surface area is 104 Å². The molecule has 0 radical (unpaired) electrons. The zero-order valence-corrected chi connectivity index (χ0v) is 10.1. The van der Waals surface area contributed by atoms with E-state index in [4.69, 9.17) is 0 Å². The van der Waals surface area contributed by atoms with Gasteiger partial charge >= 0.3 is 0 Å². The van der Waals surface area contributed by atoms with Crippen LogP contribution in [0.1, 0.15) is 21.6 Å². The molecule has 0 spiro atoms. The Hall–Kier alpha value is -2.43. The van der Waals surface area contributed by atoms with Gasteiger partial charge in [0.25, 0.3) is 5.69 Å². The lowest BCUT2D eigenvalue weighted by molar-refractivity contribution is -0.384. The molecule has 0 aliphatic rings. The number of non-ortho nitro benzene ring substituents is 1. The van der Waals surface area contributed by atoms with Crippen molar-refractivity contribution in [2.75, 3.05) is 0 Å². The second kappa shape index (κ2) is 4.44. The standard InChI is InChI=1S/C13H12N2O3/c1-9-7-8-14(2)12(9)13(16)10-3-5-11(6-4-10)15(17)18/h3-8H,1-2H3. The fourth-order valence-corrected chi connectivity index (χ4v) is 1.87. The van der Waals surface area contributed by atoms with Gasteiger partial charge in [-0.2, -0.15) is 0 Å². The summed E-state index contributed by atoms with van der Waals surface area (Å²) in [4.78, 5) is 22.3. The average molecular weight is 244 g/mol. The van der Waals surface area contributed by atoms with Gasteiger partial charge in [-0.25, -0.2) is 0 Å². The van der Waals surface area contributed by atoms with Crippen molar-refractivity contribution < 1.29 is 9.72 Å². The minimum Gasteiger partial charge on any atom is -0.348 e. The Morgan fingerprint density at radius 1 is 1.22 bits per heavy atom. The van der Waals surface area contributed by atoms with Gasteiger partial charge in [0.1, 0.15) is 0 Å². The fraction of sp³-hybridized carbons (Fsp3) is 0.154. The summed E-state index contributed by atoms with van der Waals surface area (Å²) in [6, 6.07) is 7.50. The molecule has 0 saturated heterocycles. The monoisotopic (exact) mass is 244 g/mol. The van der Waals surface area contributed by atoms with Gasteiger partial charge in [-0.1, -0.05) is 0 Å². The van der Waals surface area contributed by atoms with Crippen molar-refractivity contribution in [2.45, 2.75) is 6.92 Å². The smallest absolute Gasteiger partial charge is 0.269 e. The zero-order valence-electron chi connectivity index (χ0n) is 10.1. The van der Waals surface area contributed by atoms with Crippen LogP contribution < -0.4 is 0 Å². The van der Waals surface area contributed by atoms with E-state index < -0.39 is 4.92 Å². The molecule has 0 aliphatic carbocycles. The van der Waals surface area contributed by atoms with E-state index in [9.17, 15) is 14.9 Å². The maximum atomic E-state index is 12.2. The van der Waals surface area contributed by atoms with E-state index in [-0.39, 0.29) is 11.5 Å². The Kier molecular flexibility index (Phi) is 2.97. The summed E-state index contributed by atoms with van der Waals surface area (Å²) in [5.41, 5.74) is 1.92. The number of aromatic nitrogens is 1. The number of benzene rings is 1. The van der Waals surface area contributed by atoms with E-state index in [0.29, 0.717) is 11.3 Å². The molecule has 92 valence electrons. The average Bonchev–Trinajstić information content (AvgIpc) is 2.68. The third kappa shape index (κ3) is 2.02. The molecule has 2 aromatic rings. The van der Waals surface area contributed by atoms with Crippen molar-refractivity contribution >= 4 is 11.5 Å². The maximum absolute atomic E-state index is 12.2. The number of carbonyl (C=O) groups is 1. The Morgan fingerprint density at radius 2 is 1.83 bits per heavy atom. The second-order valence-electron chi connectivity index (χ2n) is 4.09. The van der Waals surface area contributed by atoms with Gasteiger partial charge in [-0.3, -0.25) is 14.9 Å². The topological polar surface area (TPSA) is 65.1 Å². The largest absolute Gasteiger partial charge is 0.348 e. The van der Waals surface area contributed by atoms with Gasteiger partial charge < -0.3 is 4.57 Å². The van der Waals surface area contributed by atoms with E-state index in [2.05, 4.69) is 0 Å². The van der Waals surface area contributed by atoms with Crippen molar-refractivity contribution in [1.29, 1.82) is 0 Å². The van der Waals surface area contributed by atoms with Crippen molar-refractivity contribution in [3.05, 3.63) is 63.5 Å². The SMILES string of the molecule is Cc1ccn(C)c1C(=O)c1ccc([N+](=O)[O-])cc1. The molecule has 0 aliphatic heterocycles. The van der Waals surface area contributed by atoms with Crippen molar-refractivity contribution in [2.24, 2.45) is 7.05 Å². The first-order valence-electron chi connectivity index (χ1n) is 5.42. The number of ketones is 1. The van der Waals surface area contributed by atoms with Gasteiger partial charge in [0.05, 0.1) is 10.6 Å². The molecule has 1 aromatic heterocycles. The predicted octanol–water partition coefficient (Wildman–Crippen LogP) is 2.47. The Morgan fingerprint density at radius 3 is 2.28 bits per heavy atom. The van der Waals surface area contributed by atoms with Gasteiger partial charge in [0.15, 0.2) is 0 Å². The van der Waals surface area contributed by atoms with Crippen LogP contribution in [0.4, 0.5) is 5.69 Å². The zero-order chi connectivity index (χ0) is 13.3. The van der Waals surface area contributed by atoms with Crippen molar-refractivity contribution in [1.82, 2.24) is 4.57 Å². The van der Waals surface area contributed by atoms with Crippen LogP contribution in [0.2, 0.25) is 0 Å². The fourth-order valence-electron chi connectivity index (χ4n) is 1.87. The van der Waals surface area contributed by atoms with Crippen LogP contribution in [0.15, 0.2) is 36.5 Å². The molecule has 0 atom stereocenters. The van der Waals surface area contributed by atoms with Gasteiger partial charge in [0, 0.05) is 30.9 Å². The molecule has 2 rings (SSSR count). The number of nitro benzene ring substituents is 1. The molecule has 1 heterocycles. The summed E-state index contributed by atoms with van der Waals surface area (Å²) < 4.78 is 1.75. The summed E-state index contributed by atoms with van der Waals surface area (Å²) in [7, 11) is 1.80. The number of nitrogens with zero attached hydrogens (tertiary/aromatic N) is 2. The number of hydrogen-bond donors (Lipinski definition) is 0. The van der Waals surface area contributed by atoms with Gasteiger partial charge in [-0.05, 0) is 30.7 Å². The highest BCUT2D eigenvalue weighted by Gasteiger charge is 2.16. The normalized spacial score (nSPS) is 10.3. The number of aryl methyl sites for hydroxylation is 2. The third-order valence-electron chi connectivity index (χ3n) is 2.83. The minimum atomic E-state index is -0.484. The lowest BCUT2D eigenvalue weighted by atomic mass is 10.1. The molecular weight excluding hydrogens is 232 g/mol. The van der Waals surface area contributed by atoms with Crippen molar-refractivity contribution in [3.63, 3.8) is 0 Å². The first kappa shape index (κ1) is 12.0. The summed E-state index contributed by atoms with van der Waals surface area (Å²) in [5, 5.41) is 10.5. The highest BCUT2D eigenvalue weighted by molar-refractivity contribution is 6.08. The quantitative estimate of drug-likeness (QED) is 0.473. The van der Waals surface area contributed by atoms with Crippen LogP contribution in [-0.2, 0) is 7.05 Å². The molecule has 18 heavy (non-hydrogen) atoms. The number of nitro groups is 1. The summed E-state index contributed by atoms with van der Waals surface area (Å²) in [6.07, 6.45) is 1.81. The van der Waals surface area contributed by atoms with E-state index >= 15 is 0 Å². The summed E-state index contributed by atoms with van der Waals surface area (Å²) >= 11 is 0. The predicted molar refractivity (Wildman–Crippen MR) is 66.7 cm³/mol. The molecule has 0 fully saturated rings. The molecule has 0 bridgehead atoms. The van der Waals surface area contributed by atoms with E-state index in [1.54, 1.807) is 11.6 Å². The highest BCUT2D eigenvalue weighted by Crippen LogP contribution is 2.17. The minimum absolute atomic E-state index is 0.0184. The number of rotatable bonds is 3. The Bertz CT molecular complexity index is 592. The summed E-state index contributed by atoms with van der Waals surface area (Å²) in [6.45, 7) is 1.86. The van der Waals surface area contributed by atoms with Gasteiger partial charge in [0.2, 0.25) is 5.78 Å². The van der Waals surface area contributed by atoms with E-state index in [1.165, 1.54) is 24.3 Å². The number of carbonyl (C=O) groups excluding carboxylic acids is 1. The third-order valence-corrected chi connectivity index (χ3v) is 2.83. The number of hydrogen-bond acceptors (Lipinski definition) is 3. The lowest BCUT2D eigenvalue weighted by Crippen LogP contribution is -2.08. The van der Waals surface area contributed by atoms with Crippen LogP contribution in [0.25, 0.3) is 0 Å². The summed E-state index contributed by atoms with van der Waals surface area (Å²) in [5.74, 6) is -0.130. The first-order valence-corrected chi connectivity index (χ1v) is 5.42. The molecule has 5 heteroatoms. The van der Waals surface area contributed by atoms with Gasteiger partial charge in [-0.15, -0.1) is 0 Å². The molecule has 0 unspecified atom stereocenters.